The van der Waals surface area contributed by atoms with Gasteiger partial charge >= 0.3 is 0 Å². The van der Waals surface area contributed by atoms with Crippen LogP contribution in [0.25, 0.3) is 0 Å². The Hall–Kier alpha value is -0.200. The van der Waals surface area contributed by atoms with Gasteiger partial charge in [0.2, 0.25) is 0 Å². The summed E-state index contributed by atoms with van der Waals surface area (Å²) < 4.78 is 10.6. The highest BCUT2D eigenvalue weighted by molar-refractivity contribution is 4.75. The van der Waals surface area contributed by atoms with Gasteiger partial charge < -0.3 is 19.7 Å². The van der Waals surface area contributed by atoms with Gasteiger partial charge in [0.1, 0.15) is 13.4 Å². The highest BCUT2D eigenvalue weighted by Crippen LogP contribution is 2.23. The van der Waals surface area contributed by atoms with Crippen LogP contribution in [0.1, 0.15) is 26.2 Å². The molecule has 1 heterocycles. The van der Waals surface area contributed by atoms with Crippen LogP contribution < -0.4 is 0 Å². The molecule has 90 valence electrons. The normalized spacial score (nSPS) is 22.6. The van der Waals surface area contributed by atoms with Crippen molar-refractivity contribution in [3.8, 4) is 0 Å². The Bertz CT molecular complexity index is 165. The van der Waals surface area contributed by atoms with Crippen molar-refractivity contribution in [2.24, 2.45) is 0 Å². The van der Waals surface area contributed by atoms with Gasteiger partial charge in [0.25, 0.3) is 5.91 Å². The summed E-state index contributed by atoms with van der Waals surface area (Å²) in [5.74, 6) is -1.15. The lowest BCUT2D eigenvalue weighted by Crippen LogP contribution is -2.57. The van der Waals surface area contributed by atoms with Crippen molar-refractivity contribution in [1.82, 2.24) is 4.90 Å². The van der Waals surface area contributed by atoms with Crippen LogP contribution in [-0.4, -0.2) is 54.1 Å². The second kappa shape index (κ2) is 6.40. The van der Waals surface area contributed by atoms with Crippen LogP contribution in [0.4, 0.5) is 0 Å². The summed E-state index contributed by atoms with van der Waals surface area (Å²) >= 11 is 0. The van der Waals surface area contributed by atoms with Crippen molar-refractivity contribution >= 4 is 0 Å². The van der Waals surface area contributed by atoms with Gasteiger partial charge in [0, 0.05) is 19.7 Å². The number of hydrogen-bond acceptors (Lipinski definition) is 5. The third kappa shape index (κ3) is 3.12. The summed E-state index contributed by atoms with van der Waals surface area (Å²) in [5, 5.41) is 18.2. The van der Waals surface area contributed by atoms with Gasteiger partial charge in [0.05, 0.1) is 0 Å². The van der Waals surface area contributed by atoms with Crippen molar-refractivity contribution in [1.29, 1.82) is 0 Å². The molecular weight excluding hydrogens is 198 g/mol. The Morgan fingerprint density at radius 1 is 1.13 bits per heavy atom. The average Bonchev–Trinajstić information content (AvgIpc) is 2.30. The summed E-state index contributed by atoms with van der Waals surface area (Å²) in [4.78, 5) is 1.95. The van der Waals surface area contributed by atoms with Crippen LogP contribution in [0.5, 0.6) is 0 Å². The lowest BCUT2D eigenvalue weighted by Gasteiger charge is -2.42. The molecule has 0 aliphatic carbocycles. The van der Waals surface area contributed by atoms with Gasteiger partial charge in [-0.15, -0.1) is 0 Å². The largest absolute Gasteiger partial charge is 0.389 e. The molecule has 1 unspecified atom stereocenters. The quantitative estimate of drug-likeness (QED) is 0.621. The van der Waals surface area contributed by atoms with E-state index in [1.165, 1.54) is 6.42 Å². The number of rotatable bonds is 6. The standard InChI is InChI=1S/C10H21NO4/c1-2-14-10(8-12,15-9-13)11-6-4-3-5-7-11/h12-13H,2-9H2,1H3. The van der Waals surface area contributed by atoms with Gasteiger partial charge in [-0.2, -0.15) is 0 Å². The maximum absolute atomic E-state index is 9.39. The lowest BCUT2D eigenvalue weighted by molar-refractivity contribution is -0.350. The van der Waals surface area contributed by atoms with Crippen LogP contribution in [0.3, 0.4) is 0 Å². The molecule has 0 spiro atoms. The first-order valence-electron chi connectivity index (χ1n) is 5.53. The van der Waals surface area contributed by atoms with E-state index in [4.69, 9.17) is 14.6 Å². The van der Waals surface area contributed by atoms with Gasteiger partial charge in [-0.25, -0.2) is 0 Å². The molecule has 1 rings (SSSR count). The molecule has 0 amide bonds. The first kappa shape index (κ1) is 12.9. The van der Waals surface area contributed by atoms with E-state index in [9.17, 15) is 5.11 Å². The number of aliphatic hydroxyl groups excluding tert-OH is 2. The molecular formula is C10H21NO4. The second-order valence-electron chi connectivity index (χ2n) is 3.62. The first-order valence-corrected chi connectivity index (χ1v) is 5.53. The Morgan fingerprint density at radius 3 is 2.27 bits per heavy atom. The first-order chi connectivity index (χ1) is 7.29. The minimum atomic E-state index is -1.15. The molecule has 0 radical (unpaired) electrons. The smallest absolute Gasteiger partial charge is 0.256 e. The monoisotopic (exact) mass is 219 g/mol. The molecule has 0 bridgehead atoms. The Kier molecular flexibility index (Phi) is 5.49. The fourth-order valence-corrected chi connectivity index (χ4v) is 1.98. The predicted molar refractivity (Wildman–Crippen MR) is 55.0 cm³/mol. The SMILES string of the molecule is CCOC(CO)(OCO)N1CCCCC1. The van der Waals surface area contributed by atoms with Gasteiger partial charge in [-0.3, -0.25) is 4.90 Å². The third-order valence-corrected chi connectivity index (χ3v) is 2.70. The molecule has 1 aliphatic heterocycles. The summed E-state index contributed by atoms with van der Waals surface area (Å²) in [6.07, 6.45) is 3.34. The molecule has 0 aromatic carbocycles. The van der Waals surface area contributed by atoms with Crippen LogP contribution >= 0.6 is 0 Å². The number of hydrogen-bond donors (Lipinski definition) is 2. The molecule has 2 N–H and O–H groups in total. The maximum Gasteiger partial charge on any atom is 0.256 e. The molecule has 1 saturated heterocycles. The number of likely N-dealkylation sites (tertiary alicyclic amines) is 1. The van der Waals surface area contributed by atoms with Crippen molar-refractivity contribution in [2.45, 2.75) is 32.1 Å². The molecule has 1 atom stereocenters. The lowest BCUT2D eigenvalue weighted by atomic mass is 10.1. The summed E-state index contributed by atoms with van der Waals surface area (Å²) in [5.41, 5.74) is 0. The zero-order valence-electron chi connectivity index (χ0n) is 9.31. The fraction of sp³-hybridized carbons (Fsp3) is 1.00. The van der Waals surface area contributed by atoms with Crippen LogP contribution in [0, 0.1) is 0 Å². The zero-order valence-corrected chi connectivity index (χ0v) is 9.31. The Labute approximate surface area is 90.6 Å². The van der Waals surface area contributed by atoms with Crippen molar-refractivity contribution < 1.29 is 19.7 Å². The third-order valence-electron chi connectivity index (χ3n) is 2.70. The minimum Gasteiger partial charge on any atom is -0.389 e. The van der Waals surface area contributed by atoms with Crippen LogP contribution in [-0.2, 0) is 9.47 Å². The molecule has 1 fully saturated rings. The molecule has 5 nitrogen and oxygen atoms in total. The second-order valence-corrected chi connectivity index (χ2v) is 3.62. The summed E-state index contributed by atoms with van der Waals surface area (Å²) in [7, 11) is 0. The van der Waals surface area contributed by atoms with Gasteiger partial charge in [0.15, 0.2) is 0 Å². The number of aliphatic hydroxyl groups is 2. The molecule has 0 aromatic rings. The topological polar surface area (TPSA) is 62.2 Å². The minimum absolute atomic E-state index is 0.262. The Balaban J connectivity index is 2.66. The molecule has 0 saturated carbocycles. The van der Waals surface area contributed by atoms with E-state index >= 15 is 0 Å². The summed E-state index contributed by atoms with van der Waals surface area (Å²) in [6.45, 7) is 3.24. The number of ether oxygens (including phenoxy) is 2. The maximum atomic E-state index is 9.39. The summed E-state index contributed by atoms with van der Waals surface area (Å²) in [6, 6.07) is 0. The van der Waals surface area contributed by atoms with Crippen LogP contribution in [0.2, 0.25) is 0 Å². The molecule has 0 aromatic heterocycles. The van der Waals surface area contributed by atoms with E-state index in [1.807, 2.05) is 11.8 Å². The highest BCUT2D eigenvalue weighted by atomic mass is 16.8. The van der Waals surface area contributed by atoms with E-state index in [0.29, 0.717) is 6.61 Å². The van der Waals surface area contributed by atoms with E-state index in [-0.39, 0.29) is 6.61 Å². The van der Waals surface area contributed by atoms with E-state index in [2.05, 4.69) is 0 Å². The van der Waals surface area contributed by atoms with Crippen molar-refractivity contribution in [2.75, 3.05) is 33.1 Å². The van der Waals surface area contributed by atoms with E-state index in [1.54, 1.807) is 0 Å². The van der Waals surface area contributed by atoms with E-state index in [0.717, 1.165) is 25.9 Å². The zero-order chi connectivity index (χ0) is 11.1. The highest BCUT2D eigenvalue weighted by Gasteiger charge is 2.38. The average molecular weight is 219 g/mol. The van der Waals surface area contributed by atoms with Gasteiger partial charge in [-0.1, -0.05) is 6.42 Å². The predicted octanol–water partition coefficient (Wildman–Crippen LogP) is 0.121. The van der Waals surface area contributed by atoms with Crippen LogP contribution in [0.15, 0.2) is 0 Å². The van der Waals surface area contributed by atoms with Crippen molar-refractivity contribution in [3.63, 3.8) is 0 Å². The number of nitrogens with zero attached hydrogens (tertiary/aromatic N) is 1. The van der Waals surface area contributed by atoms with Gasteiger partial charge in [-0.05, 0) is 19.8 Å². The van der Waals surface area contributed by atoms with E-state index < -0.39 is 12.7 Å². The number of piperidine rings is 1. The molecule has 15 heavy (non-hydrogen) atoms. The molecule has 1 aliphatic rings. The Morgan fingerprint density at radius 2 is 1.80 bits per heavy atom. The fourth-order valence-electron chi connectivity index (χ4n) is 1.98. The van der Waals surface area contributed by atoms with Crippen molar-refractivity contribution in [3.05, 3.63) is 0 Å². The molecule has 5 heteroatoms.